The largest absolute Gasteiger partial charge is 0.382 e. The van der Waals surface area contributed by atoms with Gasteiger partial charge in [0.2, 0.25) is 0 Å². The summed E-state index contributed by atoms with van der Waals surface area (Å²) in [7, 11) is 3.57. The summed E-state index contributed by atoms with van der Waals surface area (Å²) in [6.45, 7) is 1.98. The second kappa shape index (κ2) is 6.43. The van der Waals surface area contributed by atoms with Crippen molar-refractivity contribution in [3.63, 3.8) is 0 Å². The number of carbonyl (C=O) groups excluding carboxylic acids is 1. The Balaban J connectivity index is 2.23. The van der Waals surface area contributed by atoms with Crippen molar-refractivity contribution in [2.45, 2.75) is 38.7 Å². The lowest BCUT2D eigenvalue weighted by atomic mass is 10.1. The molecule has 90 valence electrons. The van der Waals surface area contributed by atoms with Crippen molar-refractivity contribution in [2.24, 2.45) is 7.05 Å². The van der Waals surface area contributed by atoms with Crippen molar-refractivity contribution in [1.82, 2.24) is 9.78 Å². The summed E-state index contributed by atoms with van der Waals surface area (Å²) < 4.78 is 6.91. The summed E-state index contributed by atoms with van der Waals surface area (Å²) in [5.74, 6) is 0.296. The van der Waals surface area contributed by atoms with Crippen LogP contribution in [0.25, 0.3) is 0 Å². The smallest absolute Gasteiger partial charge is 0.133 e. The molecule has 0 fully saturated rings. The summed E-state index contributed by atoms with van der Waals surface area (Å²) in [5.41, 5.74) is 1.10. The third-order valence-electron chi connectivity index (χ3n) is 2.81. The lowest BCUT2D eigenvalue weighted by molar-refractivity contribution is -0.119. The van der Waals surface area contributed by atoms with E-state index in [1.54, 1.807) is 13.3 Å². The van der Waals surface area contributed by atoms with Gasteiger partial charge in [0, 0.05) is 38.9 Å². The molecule has 0 aromatic carbocycles. The predicted octanol–water partition coefficient (Wildman–Crippen LogP) is 1.74. The van der Waals surface area contributed by atoms with E-state index in [1.807, 2.05) is 24.7 Å². The zero-order valence-electron chi connectivity index (χ0n) is 10.3. The maximum atomic E-state index is 11.6. The Morgan fingerprint density at radius 2 is 2.31 bits per heavy atom. The molecule has 0 aliphatic carbocycles. The summed E-state index contributed by atoms with van der Waals surface area (Å²) in [6.07, 6.45) is 4.70. The maximum Gasteiger partial charge on any atom is 0.133 e. The zero-order valence-corrected chi connectivity index (χ0v) is 10.3. The average molecular weight is 224 g/mol. The average Bonchev–Trinajstić information content (AvgIpc) is 2.69. The molecule has 1 heterocycles. The quantitative estimate of drug-likeness (QED) is 0.708. The molecular formula is C12H20N2O2. The number of hydrogen-bond donors (Lipinski definition) is 0. The molecule has 0 spiro atoms. The van der Waals surface area contributed by atoms with Gasteiger partial charge in [-0.2, -0.15) is 5.10 Å². The molecule has 0 saturated carbocycles. The van der Waals surface area contributed by atoms with E-state index in [0.29, 0.717) is 18.6 Å². The Kier molecular flexibility index (Phi) is 5.19. The Hall–Kier alpha value is -1.16. The van der Waals surface area contributed by atoms with Gasteiger partial charge in [-0.1, -0.05) is 0 Å². The van der Waals surface area contributed by atoms with Crippen LogP contribution < -0.4 is 0 Å². The molecule has 4 heteroatoms. The van der Waals surface area contributed by atoms with Crippen molar-refractivity contribution in [2.75, 3.05) is 7.11 Å². The van der Waals surface area contributed by atoms with Crippen LogP contribution in [0, 0.1) is 0 Å². The molecule has 0 radical (unpaired) electrons. The number of ketones is 1. The van der Waals surface area contributed by atoms with Gasteiger partial charge in [0.25, 0.3) is 0 Å². The normalized spacial score (nSPS) is 12.7. The standard InChI is InChI=1S/C12H20N2O2/c1-10(16-3)4-6-12(15)7-5-11-8-9-13-14(11)2/h8-10H,4-7H2,1-3H3. The minimum absolute atomic E-state index is 0.167. The first-order valence-electron chi connectivity index (χ1n) is 5.65. The first-order chi connectivity index (χ1) is 7.63. The second-order valence-corrected chi connectivity index (χ2v) is 4.07. The minimum atomic E-state index is 0.167. The zero-order chi connectivity index (χ0) is 12.0. The number of aryl methyl sites for hydroxylation is 2. The van der Waals surface area contributed by atoms with E-state index < -0.39 is 0 Å². The highest BCUT2D eigenvalue weighted by atomic mass is 16.5. The lowest BCUT2D eigenvalue weighted by Gasteiger charge is -2.08. The van der Waals surface area contributed by atoms with Gasteiger partial charge in [-0.15, -0.1) is 0 Å². The fourth-order valence-corrected chi connectivity index (χ4v) is 1.52. The Morgan fingerprint density at radius 1 is 1.56 bits per heavy atom. The van der Waals surface area contributed by atoms with Crippen LogP contribution in [-0.4, -0.2) is 28.8 Å². The number of carbonyl (C=O) groups is 1. The van der Waals surface area contributed by atoms with Crippen molar-refractivity contribution < 1.29 is 9.53 Å². The van der Waals surface area contributed by atoms with Crippen molar-refractivity contribution >= 4 is 5.78 Å². The Bertz CT molecular complexity index is 334. The number of nitrogens with zero attached hydrogens (tertiary/aromatic N) is 2. The van der Waals surface area contributed by atoms with Crippen LogP contribution in [0.15, 0.2) is 12.3 Å². The highest BCUT2D eigenvalue weighted by Crippen LogP contribution is 2.06. The summed E-state index contributed by atoms with van der Waals surface area (Å²) in [6, 6.07) is 1.95. The van der Waals surface area contributed by atoms with E-state index in [-0.39, 0.29) is 6.10 Å². The summed E-state index contributed by atoms with van der Waals surface area (Å²) in [4.78, 5) is 11.6. The van der Waals surface area contributed by atoms with E-state index in [0.717, 1.165) is 18.5 Å². The number of rotatable bonds is 7. The first-order valence-corrected chi connectivity index (χ1v) is 5.65. The molecule has 0 aliphatic heterocycles. The van der Waals surface area contributed by atoms with Gasteiger partial charge in [0.05, 0.1) is 6.10 Å². The van der Waals surface area contributed by atoms with E-state index >= 15 is 0 Å². The van der Waals surface area contributed by atoms with Gasteiger partial charge in [0.15, 0.2) is 0 Å². The number of Topliss-reactive ketones (excluding diaryl/α,β-unsaturated/α-hetero) is 1. The molecule has 1 aromatic rings. The monoisotopic (exact) mass is 224 g/mol. The molecule has 0 bridgehead atoms. The van der Waals surface area contributed by atoms with Crippen LogP contribution in [0.2, 0.25) is 0 Å². The predicted molar refractivity (Wildman–Crippen MR) is 62.2 cm³/mol. The van der Waals surface area contributed by atoms with E-state index in [4.69, 9.17) is 4.74 Å². The van der Waals surface area contributed by atoms with Gasteiger partial charge >= 0.3 is 0 Å². The van der Waals surface area contributed by atoms with Gasteiger partial charge in [-0.25, -0.2) is 0 Å². The molecule has 0 aliphatic rings. The van der Waals surface area contributed by atoms with E-state index in [2.05, 4.69) is 5.10 Å². The van der Waals surface area contributed by atoms with Gasteiger partial charge in [-0.05, 0) is 25.8 Å². The van der Waals surface area contributed by atoms with Crippen LogP contribution in [-0.2, 0) is 23.0 Å². The maximum absolute atomic E-state index is 11.6. The van der Waals surface area contributed by atoms with E-state index in [1.165, 1.54) is 0 Å². The van der Waals surface area contributed by atoms with Crippen molar-refractivity contribution in [3.05, 3.63) is 18.0 Å². The van der Waals surface area contributed by atoms with Gasteiger partial charge in [0.1, 0.15) is 5.78 Å². The fourth-order valence-electron chi connectivity index (χ4n) is 1.52. The topological polar surface area (TPSA) is 44.1 Å². The molecule has 1 aromatic heterocycles. The van der Waals surface area contributed by atoms with Crippen LogP contribution in [0.1, 0.15) is 31.9 Å². The summed E-state index contributed by atoms with van der Waals surface area (Å²) in [5, 5.41) is 4.07. The molecule has 0 amide bonds. The fraction of sp³-hybridized carbons (Fsp3) is 0.667. The lowest BCUT2D eigenvalue weighted by Crippen LogP contribution is -2.09. The van der Waals surface area contributed by atoms with Crippen LogP contribution >= 0.6 is 0 Å². The molecule has 1 rings (SSSR count). The molecule has 0 N–H and O–H groups in total. The number of hydrogen-bond acceptors (Lipinski definition) is 3. The van der Waals surface area contributed by atoms with Gasteiger partial charge < -0.3 is 4.74 Å². The third kappa shape index (κ3) is 4.14. The third-order valence-corrected chi connectivity index (χ3v) is 2.81. The molecule has 0 saturated heterocycles. The number of methoxy groups -OCH3 is 1. The molecule has 1 unspecified atom stereocenters. The molecular weight excluding hydrogens is 204 g/mol. The molecule has 1 atom stereocenters. The van der Waals surface area contributed by atoms with Crippen LogP contribution in [0.3, 0.4) is 0 Å². The van der Waals surface area contributed by atoms with Crippen LogP contribution in [0.4, 0.5) is 0 Å². The Labute approximate surface area is 96.6 Å². The first kappa shape index (κ1) is 12.9. The molecule has 16 heavy (non-hydrogen) atoms. The molecule has 4 nitrogen and oxygen atoms in total. The number of aromatic nitrogens is 2. The highest BCUT2D eigenvalue weighted by Gasteiger charge is 2.07. The van der Waals surface area contributed by atoms with Crippen LogP contribution in [0.5, 0.6) is 0 Å². The van der Waals surface area contributed by atoms with Crippen molar-refractivity contribution in [1.29, 1.82) is 0 Å². The summed E-state index contributed by atoms with van der Waals surface area (Å²) >= 11 is 0. The second-order valence-electron chi connectivity index (χ2n) is 4.07. The van der Waals surface area contributed by atoms with Crippen molar-refractivity contribution in [3.8, 4) is 0 Å². The number of ether oxygens (including phenoxy) is 1. The highest BCUT2D eigenvalue weighted by molar-refractivity contribution is 5.78. The van der Waals surface area contributed by atoms with E-state index in [9.17, 15) is 4.79 Å². The minimum Gasteiger partial charge on any atom is -0.382 e. The Morgan fingerprint density at radius 3 is 2.88 bits per heavy atom. The van der Waals surface area contributed by atoms with Gasteiger partial charge in [-0.3, -0.25) is 9.48 Å². The SMILES string of the molecule is COC(C)CCC(=O)CCc1ccnn1C.